The molecule has 0 amide bonds. The lowest BCUT2D eigenvalue weighted by atomic mass is 9.98. The molecule has 1 aromatic heterocycles. The third-order valence-electron chi connectivity index (χ3n) is 2.35. The number of carbonyl (C=O) groups is 1. The van der Waals surface area contributed by atoms with E-state index in [1.54, 1.807) is 6.07 Å². The van der Waals surface area contributed by atoms with Crippen molar-refractivity contribution in [3.63, 3.8) is 0 Å². The molecule has 0 fully saturated rings. The summed E-state index contributed by atoms with van der Waals surface area (Å²) in [5, 5.41) is 8.70. The highest BCUT2D eigenvalue weighted by atomic mass is 16.4. The molecule has 0 spiro atoms. The lowest BCUT2D eigenvalue weighted by molar-refractivity contribution is 0.0691. The quantitative estimate of drug-likeness (QED) is 0.708. The van der Waals surface area contributed by atoms with Crippen molar-refractivity contribution in [3.8, 4) is 25.7 Å². The number of aryl methyl sites for hydroxylation is 2. The molecule has 84 valence electrons. The van der Waals surface area contributed by atoms with Crippen LogP contribution in [0.3, 0.4) is 0 Å². The third kappa shape index (κ3) is 3.22. The molecule has 0 aromatic carbocycles. The van der Waals surface area contributed by atoms with E-state index in [4.69, 9.17) is 5.11 Å². The van der Waals surface area contributed by atoms with Crippen molar-refractivity contribution in [2.24, 2.45) is 0 Å². The zero-order valence-corrected chi connectivity index (χ0v) is 9.07. The lowest BCUT2D eigenvalue weighted by Crippen LogP contribution is -2.00. The molecule has 0 saturated carbocycles. The van der Waals surface area contributed by atoms with Gasteiger partial charge in [0.15, 0.2) is 0 Å². The van der Waals surface area contributed by atoms with E-state index in [0.717, 1.165) is 18.5 Å². The van der Waals surface area contributed by atoms with Gasteiger partial charge in [-0.25, -0.2) is 4.79 Å². The van der Waals surface area contributed by atoms with E-state index in [-0.39, 0.29) is 0 Å². The molecule has 1 aliphatic carbocycles. The molecule has 1 heterocycles. The number of rotatable bonds is 1. The Morgan fingerprint density at radius 1 is 1.19 bits per heavy atom. The predicted octanol–water partition coefficient (Wildman–Crippen LogP) is 2.09. The monoisotopic (exact) mass is 217 g/mol. The number of terminal acetylenes is 2. The fourth-order valence-electron chi connectivity index (χ4n) is 1.72. The first-order valence-corrected chi connectivity index (χ1v) is 4.88. The zero-order chi connectivity index (χ0) is 12.6. The summed E-state index contributed by atoms with van der Waals surface area (Å²) in [5.41, 5.74) is 2.65. The maximum atomic E-state index is 10.6. The molecular formula is C13H15NO2. The molecule has 2 rings (SSSR count). The van der Waals surface area contributed by atoms with Crippen LogP contribution in [0, 0.1) is 25.7 Å². The minimum absolute atomic E-state index is 0.335. The summed E-state index contributed by atoms with van der Waals surface area (Å²) in [6.45, 7) is 0. The second kappa shape index (κ2) is 7.20. The molecule has 3 nitrogen and oxygen atoms in total. The van der Waals surface area contributed by atoms with Crippen molar-refractivity contribution in [3.05, 3.63) is 23.0 Å². The van der Waals surface area contributed by atoms with Crippen LogP contribution >= 0.6 is 0 Å². The second-order valence-electron chi connectivity index (χ2n) is 3.20. The number of hydrogen-bond donors (Lipinski definition) is 2. The Morgan fingerprint density at radius 2 is 1.75 bits per heavy atom. The highest BCUT2D eigenvalue weighted by molar-refractivity contribution is 5.86. The van der Waals surface area contributed by atoms with E-state index in [1.807, 2.05) is 0 Å². The van der Waals surface area contributed by atoms with Crippen molar-refractivity contribution < 1.29 is 9.90 Å². The summed E-state index contributed by atoms with van der Waals surface area (Å²) < 4.78 is 0. The van der Waals surface area contributed by atoms with Crippen LogP contribution in [-0.2, 0) is 12.8 Å². The number of nitrogens with one attached hydrogen (secondary N) is 1. The first kappa shape index (κ1) is 13.9. The number of carboxylic acid groups (broad SMARTS) is 1. The molecule has 0 bridgehead atoms. The van der Waals surface area contributed by atoms with Gasteiger partial charge in [-0.05, 0) is 37.3 Å². The smallest absolute Gasteiger partial charge is 0.352 e. The number of aromatic carboxylic acids is 1. The van der Waals surface area contributed by atoms with Gasteiger partial charge >= 0.3 is 5.97 Å². The topological polar surface area (TPSA) is 53.1 Å². The second-order valence-corrected chi connectivity index (χ2v) is 3.20. The summed E-state index contributed by atoms with van der Waals surface area (Å²) in [7, 11) is 0. The van der Waals surface area contributed by atoms with E-state index in [2.05, 4.69) is 30.7 Å². The van der Waals surface area contributed by atoms with Crippen LogP contribution in [0.5, 0.6) is 0 Å². The Kier molecular flexibility index (Phi) is 6.24. The summed E-state index contributed by atoms with van der Waals surface area (Å²) in [6.07, 6.45) is 20.4. The zero-order valence-electron chi connectivity index (χ0n) is 9.07. The van der Waals surface area contributed by atoms with Gasteiger partial charge in [0.05, 0.1) is 0 Å². The van der Waals surface area contributed by atoms with Gasteiger partial charge in [-0.15, -0.1) is 25.7 Å². The van der Waals surface area contributed by atoms with E-state index in [9.17, 15) is 4.79 Å². The Balaban J connectivity index is 0.000000509. The number of aromatic nitrogens is 1. The summed E-state index contributed by atoms with van der Waals surface area (Å²) in [6, 6.07) is 1.76. The van der Waals surface area contributed by atoms with Gasteiger partial charge in [0.1, 0.15) is 5.69 Å². The number of carboxylic acids is 1. The first-order valence-electron chi connectivity index (χ1n) is 4.88. The Hall–Kier alpha value is -2.13. The highest BCUT2D eigenvalue weighted by Crippen LogP contribution is 2.21. The molecular weight excluding hydrogens is 202 g/mol. The van der Waals surface area contributed by atoms with Crippen molar-refractivity contribution in [2.45, 2.75) is 25.7 Å². The Morgan fingerprint density at radius 3 is 2.25 bits per heavy atom. The molecule has 0 atom stereocenters. The van der Waals surface area contributed by atoms with Gasteiger partial charge in [-0.1, -0.05) is 0 Å². The lowest BCUT2D eigenvalue weighted by Gasteiger charge is -2.08. The first-order chi connectivity index (χ1) is 7.77. The maximum Gasteiger partial charge on any atom is 0.352 e. The number of aromatic amines is 1. The largest absolute Gasteiger partial charge is 0.477 e. The van der Waals surface area contributed by atoms with E-state index in [0.29, 0.717) is 5.69 Å². The van der Waals surface area contributed by atoms with E-state index in [1.165, 1.54) is 18.4 Å². The summed E-state index contributed by atoms with van der Waals surface area (Å²) in [4.78, 5) is 13.5. The molecule has 1 aromatic rings. The van der Waals surface area contributed by atoms with Crippen LogP contribution in [0.15, 0.2) is 6.07 Å². The van der Waals surface area contributed by atoms with Gasteiger partial charge in [0.2, 0.25) is 0 Å². The molecule has 16 heavy (non-hydrogen) atoms. The average Bonchev–Trinajstić information content (AvgIpc) is 2.78. The van der Waals surface area contributed by atoms with Crippen LogP contribution in [0.25, 0.3) is 0 Å². The molecule has 1 aliphatic rings. The van der Waals surface area contributed by atoms with Gasteiger partial charge in [-0.2, -0.15) is 0 Å². The van der Waals surface area contributed by atoms with Crippen LogP contribution in [0.2, 0.25) is 0 Å². The standard InChI is InChI=1S/C9H11NO2.2C2H2/c11-9(12)8-5-6-3-1-2-4-7(6)10-8;2*1-2/h5,10H,1-4H2,(H,11,12);2*1-2H. The highest BCUT2D eigenvalue weighted by Gasteiger charge is 2.15. The van der Waals surface area contributed by atoms with Crippen LogP contribution in [0.4, 0.5) is 0 Å². The third-order valence-corrected chi connectivity index (χ3v) is 2.35. The Labute approximate surface area is 95.9 Å². The van der Waals surface area contributed by atoms with E-state index >= 15 is 0 Å². The van der Waals surface area contributed by atoms with Crippen molar-refractivity contribution >= 4 is 5.97 Å². The number of H-pyrrole nitrogens is 1. The molecule has 0 aliphatic heterocycles. The molecule has 3 heteroatoms. The number of fused-ring (bicyclic) bond motifs is 1. The SMILES string of the molecule is C#C.C#C.O=C(O)c1cc2c([nH]1)CCCC2. The fraction of sp³-hybridized carbons (Fsp3) is 0.308. The van der Waals surface area contributed by atoms with Crippen LogP contribution in [-0.4, -0.2) is 16.1 Å². The minimum Gasteiger partial charge on any atom is -0.477 e. The van der Waals surface area contributed by atoms with Crippen LogP contribution < -0.4 is 0 Å². The normalized spacial score (nSPS) is 12.0. The number of hydrogen-bond acceptors (Lipinski definition) is 1. The van der Waals surface area contributed by atoms with Gasteiger partial charge in [0.25, 0.3) is 0 Å². The average molecular weight is 217 g/mol. The Bertz CT molecular complexity index is 356. The van der Waals surface area contributed by atoms with Gasteiger partial charge < -0.3 is 10.1 Å². The van der Waals surface area contributed by atoms with Crippen molar-refractivity contribution in [2.75, 3.05) is 0 Å². The summed E-state index contributed by atoms with van der Waals surface area (Å²) in [5.74, 6) is -0.857. The summed E-state index contributed by atoms with van der Waals surface area (Å²) >= 11 is 0. The molecule has 0 unspecified atom stereocenters. The molecule has 0 saturated heterocycles. The fourth-order valence-corrected chi connectivity index (χ4v) is 1.72. The van der Waals surface area contributed by atoms with Gasteiger partial charge in [0, 0.05) is 5.69 Å². The van der Waals surface area contributed by atoms with Gasteiger partial charge in [-0.3, -0.25) is 0 Å². The predicted molar refractivity (Wildman–Crippen MR) is 64.2 cm³/mol. The maximum absolute atomic E-state index is 10.6. The molecule has 0 radical (unpaired) electrons. The molecule has 2 N–H and O–H groups in total. The van der Waals surface area contributed by atoms with E-state index < -0.39 is 5.97 Å². The van der Waals surface area contributed by atoms with Crippen molar-refractivity contribution in [1.29, 1.82) is 0 Å². The van der Waals surface area contributed by atoms with Crippen LogP contribution in [0.1, 0.15) is 34.6 Å². The minimum atomic E-state index is -0.857. The van der Waals surface area contributed by atoms with Crippen molar-refractivity contribution in [1.82, 2.24) is 4.98 Å².